The molecule has 0 radical (unpaired) electrons. The van der Waals surface area contributed by atoms with Gasteiger partial charge in [-0.3, -0.25) is 0 Å². The molecule has 1 aliphatic heterocycles. The molecule has 2 aliphatic rings. The van der Waals surface area contributed by atoms with E-state index < -0.39 is 0 Å². The van der Waals surface area contributed by atoms with Crippen LogP contribution in [0.5, 0.6) is 0 Å². The van der Waals surface area contributed by atoms with Gasteiger partial charge in [0.15, 0.2) is 0 Å². The van der Waals surface area contributed by atoms with Crippen LogP contribution in [-0.2, 0) is 0 Å². The van der Waals surface area contributed by atoms with Crippen molar-refractivity contribution < 1.29 is 0 Å². The highest BCUT2D eigenvalue weighted by Gasteiger charge is 2.27. The minimum Gasteiger partial charge on any atom is -0.330 e. The van der Waals surface area contributed by atoms with Gasteiger partial charge in [-0.2, -0.15) is 0 Å². The van der Waals surface area contributed by atoms with E-state index in [1.54, 1.807) is 0 Å². The van der Waals surface area contributed by atoms with E-state index in [-0.39, 0.29) is 0 Å². The Morgan fingerprint density at radius 3 is 2.50 bits per heavy atom. The monoisotopic (exact) mass is 252 g/mol. The lowest BCUT2D eigenvalue weighted by Crippen LogP contribution is -2.43. The largest absolute Gasteiger partial charge is 0.330 e. The molecule has 2 nitrogen and oxygen atoms in total. The molecule has 0 spiro atoms. The summed E-state index contributed by atoms with van der Waals surface area (Å²) in [6.07, 6.45) is 11.5. The highest BCUT2D eigenvalue weighted by molar-refractivity contribution is 4.81. The molecule has 2 unspecified atom stereocenters. The zero-order valence-electron chi connectivity index (χ0n) is 12.2. The summed E-state index contributed by atoms with van der Waals surface area (Å²) in [5, 5.41) is 0. The van der Waals surface area contributed by atoms with Gasteiger partial charge in [0.25, 0.3) is 0 Å². The molecular formula is C16H32N2. The number of likely N-dealkylation sites (tertiary alicyclic amines) is 1. The van der Waals surface area contributed by atoms with Crippen LogP contribution in [-0.4, -0.2) is 31.1 Å². The Balaban J connectivity index is 1.70. The van der Waals surface area contributed by atoms with Crippen molar-refractivity contribution in [2.75, 3.05) is 26.2 Å². The molecule has 0 aromatic carbocycles. The second kappa shape index (κ2) is 7.49. The van der Waals surface area contributed by atoms with Crippen molar-refractivity contribution in [2.24, 2.45) is 23.5 Å². The molecule has 1 saturated carbocycles. The van der Waals surface area contributed by atoms with Crippen LogP contribution in [0.3, 0.4) is 0 Å². The van der Waals surface area contributed by atoms with Crippen LogP contribution in [0.2, 0.25) is 0 Å². The minimum absolute atomic E-state index is 0.793. The van der Waals surface area contributed by atoms with Crippen molar-refractivity contribution in [3.05, 3.63) is 0 Å². The zero-order chi connectivity index (χ0) is 12.8. The zero-order valence-corrected chi connectivity index (χ0v) is 12.2. The van der Waals surface area contributed by atoms with E-state index in [9.17, 15) is 0 Å². The third-order valence-electron chi connectivity index (χ3n) is 5.38. The number of rotatable bonds is 5. The third kappa shape index (κ3) is 3.96. The highest BCUT2D eigenvalue weighted by atomic mass is 15.1. The SMILES string of the molecule is CCC1CN(CCC2CCCCC2)CCC1CN. The van der Waals surface area contributed by atoms with Crippen molar-refractivity contribution in [3.63, 3.8) is 0 Å². The maximum absolute atomic E-state index is 5.89. The van der Waals surface area contributed by atoms with Crippen molar-refractivity contribution >= 4 is 0 Å². The molecular weight excluding hydrogens is 220 g/mol. The fourth-order valence-electron chi connectivity index (χ4n) is 3.97. The molecule has 2 rings (SSSR count). The van der Waals surface area contributed by atoms with Crippen LogP contribution in [0.15, 0.2) is 0 Å². The van der Waals surface area contributed by atoms with Gasteiger partial charge in [0.2, 0.25) is 0 Å². The maximum Gasteiger partial charge on any atom is 0.00127 e. The van der Waals surface area contributed by atoms with Crippen LogP contribution in [0.4, 0.5) is 0 Å². The second-order valence-electron chi connectivity index (χ2n) is 6.55. The number of hydrogen-bond donors (Lipinski definition) is 1. The molecule has 2 N–H and O–H groups in total. The van der Waals surface area contributed by atoms with Gasteiger partial charge < -0.3 is 10.6 Å². The Morgan fingerprint density at radius 1 is 1.06 bits per heavy atom. The normalized spacial score (nSPS) is 31.7. The Kier molecular flexibility index (Phi) is 5.97. The summed E-state index contributed by atoms with van der Waals surface area (Å²) in [4.78, 5) is 2.72. The molecule has 1 aliphatic carbocycles. The second-order valence-corrected chi connectivity index (χ2v) is 6.55. The maximum atomic E-state index is 5.89. The van der Waals surface area contributed by atoms with Gasteiger partial charge in [0.05, 0.1) is 0 Å². The Morgan fingerprint density at radius 2 is 1.83 bits per heavy atom. The van der Waals surface area contributed by atoms with Crippen LogP contribution < -0.4 is 5.73 Å². The predicted octanol–water partition coefficient (Wildman–Crippen LogP) is 3.26. The van der Waals surface area contributed by atoms with Crippen LogP contribution in [0.25, 0.3) is 0 Å². The van der Waals surface area contributed by atoms with E-state index in [2.05, 4.69) is 11.8 Å². The summed E-state index contributed by atoms with van der Waals surface area (Å²) in [5.41, 5.74) is 5.89. The van der Waals surface area contributed by atoms with E-state index >= 15 is 0 Å². The van der Waals surface area contributed by atoms with E-state index in [1.807, 2.05) is 0 Å². The first-order chi connectivity index (χ1) is 8.83. The van der Waals surface area contributed by atoms with Crippen molar-refractivity contribution in [1.29, 1.82) is 0 Å². The van der Waals surface area contributed by atoms with E-state index in [4.69, 9.17) is 5.73 Å². The Labute approximate surface area is 113 Å². The number of piperidine rings is 1. The lowest BCUT2D eigenvalue weighted by molar-refractivity contribution is 0.111. The summed E-state index contributed by atoms with van der Waals surface area (Å²) in [7, 11) is 0. The molecule has 0 aromatic heterocycles. The summed E-state index contributed by atoms with van der Waals surface area (Å²) in [5.74, 6) is 2.68. The van der Waals surface area contributed by atoms with E-state index in [0.717, 1.165) is 24.3 Å². The number of nitrogens with two attached hydrogens (primary N) is 1. The third-order valence-corrected chi connectivity index (χ3v) is 5.38. The average molecular weight is 252 g/mol. The average Bonchev–Trinajstić information content (AvgIpc) is 2.45. The molecule has 0 bridgehead atoms. The summed E-state index contributed by atoms with van der Waals surface area (Å²) < 4.78 is 0. The van der Waals surface area contributed by atoms with E-state index in [0.29, 0.717) is 0 Å². The van der Waals surface area contributed by atoms with Gasteiger partial charge in [0.1, 0.15) is 0 Å². The van der Waals surface area contributed by atoms with Gasteiger partial charge in [0, 0.05) is 6.54 Å². The molecule has 0 aromatic rings. The van der Waals surface area contributed by atoms with Gasteiger partial charge in [-0.15, -0.1) is 0 Å². The van der Waals surface area contributed by atoms with Gasteiger partial charge in [-0.25, -0.2) is 0 Å². The molecule has 2 fully saturated rings. The van der Waals surface area contributed by atoms with Crippen LogP contribution in [0.1, 0.15) is 58.3 Å². The van der Waals surface area contributed by atoms with Crippen molar-refractivity contribution in [3.8, 4) is 0 Å². The minimum atomic E-state index is 0.793. The number of nitrogens with zero attached hydrogens (tertiary/aromatic N) is 1. The summed E-state index contributed by atoms with van der Waals surface area (Å²) in [6, 6.07) is 0. The van der Waals surface area contributed by atoms with Crippen LogP contribution in [0, 0.1) is 17.8 Å². The van der Waals surface area contributed by atoms with Gasteiger partial charge >= 0.3 is 0 Å². The van der Waals surface area contributed by atoms with Crippen LogP contribution >= 0.6 is 0 Å². The van der Waals surface area contributed by atoms with Gasteiger partial charge in [-0.1, -0.05) is 45.4 Å². The first kappa shape index (κ1) is 14.3. The lowest BCUT2D eigenvalue weighted by atomic mass is 9.83. The molecule has 0 amide bonds. The van der Waals surface area contributed by atoms with Crippen molar-refractivity contribution in [2.45, 2.75) is 58.3 Å². The molecule has 1 heterocycles. The lowest BCUT2D eigenvalue weighted by Gasteiger charge is -2.38. The predicted molar refractivity (Wildman–Crippen MR) is 78.6 cm³/mol. The first-order valence-corrected chi connectivity index (χ1v) is 8.26. The summed E-state index contributed by atoms with van der Waals surface area (Å²) >= 11 is 0. The quantitative estimate of drug-likeness (QED) is 0.814. The highest BCUT2D eigenvalue weighted by Crippen LogP contribution is 2.29. The first-order valence-electron chi connectivity index (χ1n) is 8.26. The molecule has 2 atom stereocenters. The van der Waals surface area contributed by atoms with E-state index in [1.165, 1.54) is 71.0 Å². The molecule has 18 heavy (non-hydrogen) atoms. The summed E-state index contributed by atoms with van der Waals surface area (Å²) in [6.45, 7) is 7.18. The van der Waals surface area contributed by atoms with Crippen molar-refractivity contribution in [1.82, 2.24) is 4.90 Å². The standard InChI is InChI=1S/C16H32N2/c1-2-15-13-18(11-9-16(15)12-17)10-8-14-6-4-3-5-7-14/h14-16H,2-13,17H2,1H3. The fraction of sp³-hybridized carbons (Fsp3) is 1.00. The molecule has 1 saturated heterocycles. The number of hydrogen-bond acceptors (Lipinski definition) is 2. The topological polar surface area (TPSA) is 29.3 Å². The Bertz CT molecular complexity index is 223. The smallest absolute Gasteiger partial charge is 0.00127 e. The molecule has 106 valence electrons. The molecule has 2 heteroatoms. The Hall–Kier alpha value is -0.0800. The van der Waals surface area contributed by atoms with Gasteiger partial charge in [-0.05, 0) is 50.2 Å². The fourth-order valence-corrected chi connectivity index (χ4v) is 3.97.